The van der Waals surface area contributed by atoms with Gasteiger partial charge in [0.05, 0.1) is 135 Å². The second-order valence-corrected chi connectivity index (χ2v) is 22.1. The average Bonchev–Trinajstić information content (AvgIpc) is 0.868. The van der Waals surface area contributed by atoms with E-state index in [9.17, 15) is 0 Å². The van der Waals surface area contributed by atoms with Crippen molar-refractivity contribution in [3.05, 3.63) is 141 Å². The van der Waals surface area contributed by atoms with Gasteiger partial charge in [0.2, 0.25) is 0 Å². The fraction of sp³-hybridized carbons (Fsp3) is 0.439. The van der Waals surface area contributed by atoms with Gasteiger partial charge >= 0.3 is 0 Å². The number of hydrogen-bond acceptors (Lipinski definition) is 12. The Kier molecular flexibility index (Phi) is 33.0. The Labute approximate surface area is 562 Å². The van der Waals surface area contributed by atoms with Crippen molar-refractivity contribution in [3.63, 3.8) is 0 Å². The standard InChI is InChI=1S/C82H98O12/c1-13-39-83-71-35-37-73(85-41-15-3)61(51-71)25-27-63-53-77(89-45-19-7)65(55-75(63)87-43-17-5)29-31-67-57-81(93-49-23-11)69(59-79(67)91-47-21-9)33-34-70-60-80(92-48-22-10)68(58-82(70)94-50-24-12)32-30-66-56-76(88-44-18-6)64(54-78(66)90-46-20-8)28-26-62-52-72(84-40-14-2)36-38-74(62)86-42-16-4/h35-38,51-60H,13-24,39-50H2,1-12H3. The zero-order valence-electron chi connectivity index (χ0n) is 58.0. The number of rotatable bonds is 36. The van der Waals surface area contributed by atoms with Gasteiger partial charge in [0.15, 0.2) is 0 Å². The SMILES string of the molecule is CCCOc1ccc(OCCC)c(C#Cc2cc(OCCC)c(C#Cc3cc(OCCC)c(C#Cc4cc(OCCC)c(C#Cc5cc(OCCC)c(C#Cc6cc(OCCC)ccc6OCCC)cc5OCCC)cc4OCCC)cc3OCCC)cc2OCCC)c1. The van der Waals surface area contributed by atoms with Gasteiger partial charge in [0, 0.05) is 48.5 Å². The first-order chi connectivity index (χ1) is 46.1. The molecule has 0 aromatic heterocycles. The van der Waals surface area contributed by atoms with E-state index in [1.807, 2.05) is 84.9 Å². The molecule has 12 heteroatoms. The molecule has 0 fully saturated rings. The summed E-state index contributed by atoms with van der Waals surface area (Å²) in [5, 5.41) is 0. The second kappa shape index (κ2) is 42.0. The van der Waals surface area contributed by atoms with Crippen LogP contribution in [-0.2, 0) is 0 Å². The maximum atomic E-state index is 6.49. The van der Waals surface area contributed by atoms with Gasteiger partial charge in [-0.15, -0.1) is 0 Å². The third kappa shape index (κ3) is 23.4. The van der Waals surface area contributed by atoms with Crippen molar-refractivity contribution < 1.29 is 56.8 Å². The molecule has 0 spiro atoms. The molecule has 0 saturated heterocycles. The quantitative estimate of drug-likeness (QED) is 0.0349. The van der Waals surface area contributed by atoms with E-state index in [1.54, 1.807) is 0 Å². The molecule has 0 unspecified atom stereocenters. The molecule has 6 rings (SSSR count). The zero-order chi connectivity index (χ0) is 67.1. The molecule has 0 heterocycles. The van der Waals surface area contributed by atoms with E-state index in [4.69, 9.17) is 56.8 Å². The fourth-order valence-electron chi connectivity index (χ4n) is 8.85. The van der Waals surface area contributed by atoms with Crippen molar-refractivity contribution in [2.75, 3.05) is 79.3 Å². The van der Waals surface area contributed by atoms with Crippen LogP contribution in [0.2, 0.25) is 0 Å². The van der Waals surface area contributed by atoms with E-state index in [2.05, 4.69) is 142 Å². The molecule has 6 aromatic rings. The summed E-state index contributed by atoms with van der Waals surface area (Å²) in [6.45, 7) is 31.0. The molecule has 498 valence electrons. The van der Waals surface area contributed by atoms with Crippen LogP contribution in [-0.4, -0.2) is 79.3 Å². The molecule has 0 aliphatic rings. The van der Waals surface area contributed by atoms with Crippen LogP contribution in [0.15, 0.2) is 84.9 Å². The van der Waals surface area contributed by atoms with Crippen molar-refractivity contribution in [3.8, 4) is 128 Å². The first-order valence-corrected chi connectivity index (χ1v) is 34.2. The monoisotopic (exact) mass is 1270 g/mol. The lowest BCUT2D eigenvalue weighted by Crippen LogP contribution is -2.03. The Morgan fingerprint density at radius 2 is 0.309 bits per heavy atom. The first kappa shape index (κ1) is 73.8. The van der Waals surface area contributed by atoms with E-state index in [-0.39, 0.29) is 0 Å². The van der Waals surface area contributed by atoms with Gasteiger partial charge in [-0.1, -0.05) is 142 Å². The minimum atomic E-state index is 0.453. The molecule has 94 heavy (non-hydrogen) atoms. The van der Waals surface area contributed by atoms with Gasteiger partial charge in [0.1, 0.15) is 69.0 Å². The molecular formula is C82H98O12. The van der Waals surface area contributed by atoms with Gasteiger partial charge in [-0.3, -0.25) is 0 Å². The maximum Gasteiger partial charge on any atom is 0.136 e. The summed E-state index contributed by atoms with van der Waals surface area (Å²) in [5.41, 5.74) is 6.54. The van der Waals surface area contributed by atoms with E-state index in [0.717, 1.165) is 99.7 Å². The lowest BCUT2D eigenvalue weighted by molar-refractivity contribution is 0.307. The summed E-state index contributed by atoms with van der Waals surface area (Å²) < 4.78 is 75.8. The summed E-state index contributed by atoms with van der Waals surface area (Å²) >= 11 is 0. The highest BCUT2D eigenvalue weighted by molar-refractivity contribution is 5.67. The minimum absolute atomic E-state index is 0.453. The molecule has 0 saturated carbocycles. The van der Waals surface area contributed by atoms with Gasteiger partial charge in [-0.2, -0.15) is 0 Å². The molecule has 0 radical (unpaired) electrons. The summed E-state index contributed by atoms with van der Waals surface area (Å²) in [7, 11) is 0. The molecule has 0 amide bonds. The van der Waals surface area contributed by atoms with Crippen molar-refractivity contribution in [1.29, 1.82) is 0 Å². The molecule has 12 nitrogen and oxygen atoms in total. The molecule has 6 aromatic carbocycles. The molecule has 0 atom stereocenters. The van der Waals surface area contributed by atoms with E-state index in [0.29, 0.717) is 181 Å². The van der Waals surface area contributed by atoms with Crippen LogP contribution in [0.3, 0.4) is 0 Å². The smallest absolute Gasteiger partial charge is 0.136 e. The Balaban J connectivity index is 1.46. The molecular weight excluding hydrogens is 1180 g/mol. The van der Waals surface area contributed by atoms with Crippen molar-refractivity contribution in [2.24, 2.45) is 0 Å². The van der Waals surface area contributed by atoms with Crippen molar-refractivity contribution >= 4 is 0 Å². The van der Waals surface area contributed by atoms with Crippen LogP contribution in [0.25, 0.3) is 0 Å². The van der Waals surface area contributed by atoms with Gasteiger partial charge in [-0.05, 0) is 113 Å². The zero-order valence-corrected chi connectivity index (χ0v) is 58.0. The largest absolute Gasteiger partial charge is 0.494 e. The van der Waals surface area contributed by atoms with Crippen LogP contribution in [0, 0.1) is 59.2 Å². The average molecular weight is 1280 g/mol. The Morgan fingerprint density at radius 1 is 0.170 bits per heavy atom. The Morgan fingerprint density at radius 3 is 0.468 bits per heavy atom. The first-order valence-electron chi connectivity index (χ1n) is 34.2. The molecule has 0 N–H and O–H groups in total. The van der Waals surface area contributed by atoms with Crippen LogP contribution in [0.5, 0.6) is 69.0 Å². The number of hydrogen-bond donors (Lipinski definition) is 0. The van der Waals surface area contributed by atoms with Crippen molar-refractivity contribution in [2.45, 2.75) is 160 Å². The van der Waals surface area contributed by atoms with E-state index >= 15 is 0 Å². The highest BCUT2D eigenvalue weighted by atomic mass is 16.5. The predicted octanol–water partition coefficient (Wildman–Crippen LogP) is 18.2. The van der Waals surface area contributed by atoms with Crippen LogP contribution < -0.4 is 56.8 Å². The fourth-order valence-corrected chi connectivity index (χ4v) is 8.85. The highest BCUT2D eigenvalue weighted by Crippen LogP contribution is 2.36. The van der Waals surface area contributed by atoms with Gasteiger partial charge < -0.3 is 56.8 Å². The number of ether oxygens (including phenoxy) is 12. The Hall–Kier alpha value is -9.28. The molecule has 0 bridgehead atoms. The van der Waals surface area contributed by atoms with Gasteiger partial charge in [0.25, 0.3) is 0 Å². The Bertz CT molecular complexity index is 3450. The number of benzene rings is 6. The maximum absolute atomic E-state index is 6.49. The second-order valence-electron chi connectivity index (χ2n) is 22.1. The third-order valence-electron chi connectivity index (χ3n) is 13.5. The van der Waals surface area contributed by atoms with E-state index < -0.39 is 0 Å². The highest BCUT2D eigenvalue weighted by Gasteiger charge is 2.18. The third-order valence-corrected chi connectivity index (χ3v) is 13.5. The molecule has 0 aliphatic heterocycles. The topological polar surface area (TPSA) is 111 Å². The van der Waals surface area contributed by atoms with Crippen LogP contribution in [0.1, 0.15) is 216 Å². The lowest BCUT2D eigenvalue weighted by atomic mass is 10.0. The normalized spacial score (nSPS) is 10.3. The summed E-state index contributed by atoms with van der Waals surface area (Å²) in [6, 6.07) is 26.9. The van der Waals surface area contributed by atoms with Crippen LogP contribution in [0.4, 0.5) is 0 Å². The van der Waals surface area contributed by atoms with Crippen LogP contribution >= 0.6 is 0 Å². The minimum Gasteiger partial charge on any atom is -0.494 e. The summed E-state index contributed by atoms with van der Waals surface area (Å²) in [5.74, 6) is 41.7. The van der Waals surface area contributed by atoms with E-state index in [1.165, 1.54) is 0 Å². The molecule has 0 aliphatic carbocycles. The predicted molar refractivity (Wildman–Crippen MR) is 378 cm³/mol. The summed E-state index contributed by atoms with van der Waals surface area (Å²) in [4.78, 5) is 0. The summed E-state index contributed by atoms with van der Waals surface area (Å²) in [6.07, 6.45) is 9.78. The van der Waals surface area contributed by atoms with Gasteiger partial charge in [-0.25, -0.2) is 0 Å². The van der Waals surface area contributed by atoms with Crippen molar-refractivity contribution in [1.82, 2.24) is 0 Å². The lowest BCUT2D eigenvalue weighted by Gasteiger charge is -2.14.